The molecule has 1 aromatic rings. The van der Waals surface area contributed by atoms with Gasteiger partial charge in [-0.3, -0.25) is 9.78 Å². The summed E-state index contributed by atoms with van der Waals surface area (Å²) in [5, 5.41) is 18.5. The fraction of sp³-hybridized carbons (Fsp3) is 0.556. The van der Waals surface area contributed by atoms with Crippen LogP contribution in [0.2, 0.25) is 0 Å². The molecule has 134 valence electrons. The van der Waals surface area contributed by atoms with Crippen molar-refractivity contribution in [3.8, 4) is 11.5 Å². The van der Waals surface area contributed by atoms with Crippen LogP contribution in [0.15, 0.2) is 18.3 Å². The lowest BCUT2D eigenvalue weighted by Gasteiger charge is -2.10. The van der Waals surface area contributed by atoms with Gasteiger partial charge in [0.25, 0.3) is 0 Å². The maximum atomic E-state index is 10.5. The van der Waals surface area contributed by atoms with Crippen LogP contribution >= 0.6 is 0 Å². The van der Waals surface area contributed by atoms with E-state index >= 15 is 0 Å². The molecule has 6 heteroatoms. The molecule has 0 radical (unpaired) electrons. The predicted octanol–water partition coefficient (Wildman–Crippen LogP) is 3.29. The molecular weight excluding hydrogens is 310 g/mol. The third-order valence-electron chi connectivity index (χ3n) is 3.46. The SMILES string of the molecule is CCCCCC(O)C=Cc1cc(OCCCC(=O)O)c(OC)cn1. The van der Waals surface area contributed by atoms with Crippen LogP contribution in [0.4, 0.5) is 0 Å². The van der Waals surface area contributed by atoms with Gasteiger partial charge in [-0.1, -0.05) is 32.3 Å². The number of carboxylic acid groups (broad SMARTS) is 1. The molecular formula is C18H27NO5. The molecule has 0 spiro atoms. The van der Waals surface area contributed by atoms with E-state index in [-0.39, 0.29) is 13.0 Å². The molecule has 1 heterocycles. The van der Waals surface area contributed by atoms with E-state index in [4.69, 9.17) is 14.6 Å². The average molecular weight is 337 g/mol. The van der Waals surface area contributed by atoms with Gasteiger partial charge >= 0.3 is 5.97 Å². The summed E-state index contributed by atoms with van der Waals surface area (Å²) in [6, 6.07) is 1.72. The first-order valence-electron chi connectivity index (χ1n) is 8.31. The number of nitrogens with zero attached hydrogens (tertiary/aromatic N) is 1. The highest BCUT2D eigenvalue weighted by Gasteiger charge is 2.07. The lowest BCUT2D eigenvalue weighted by atomic mass is 10.1. The summed E-state index contributed by atoms with van der Waals surface area (Å²) in [7, 11) is 1.52. The van der Waals surface area contributed by atoms with Gasteiger partial charge in [-0.05, 0) is 18.9 Å². The van der Waals surface area contributed by atoms with Crippen molar-refractivity contribution in [1.29, 1.82) is 0 Å². The first-order valence-corrected chi connectivity index (χ1v) is 8.31. The molecule has 2 N–H and O–H groups in total. The van der Waals surface area contributed by atoms with E-state index in [2.05, 4.69) is 11.9 Å². The van der Waals surface area contributed by atoms with Gasteiger partial charge in [-0.2, -0.15) is 0 Å². The van der Waals surface area contributed by atoms with Crippen LogP contribution in [0.5, 0.6) is 11.5 Å². The number of methoxy groups -OCH3 is 1. The lowest BCUT2D eigenvalue weighted by molar-refractivity contribution is -0.137. The standard InChI is InChI=1S/C18H27NO5/c1-3-4-5-7-15(20)10-9-14-12-16(17(23-2)13-19-14)24-11-6-8-18(21)22/h9-10,12-13,15,20H,3-8,11H2,1-2H3,(H,21,22). The number of hydrogen-bond acceptors (Lipinski definition) is 5. The number of carboxylic acids is 1. The molecule has 24 heavy (non-hydrogen) atoms. The van der Waals surface area contributed by atoms with E-state index < -0.39 is 12.1 Å². The topological polar surface area (TPSA) is 88.9 Å². The Morgan fingerprint density at radius 2 is 2.12 bits per heavy atom. The Hall–Kier alpha value is -2.08. The molecule has 0 aliphatic rings. The number of unbranched alkanes of at least 4 members (excludes halogenated alkanes) is 2. The number of rotatable bonds is 12. The summed E-state index contributed by atoms with van der Waals surface area (Å²) < 4.78 is 10.8. The van der Waals surface area contributed by atoms with E-state index in [1.807, 2.05) is 0 Å². The van der Waals surface area contributed by atoms with Crippen LogP contribution in [0.25, 0.3) is 6.08 Å². The molecule has 1 aromatic heterocycles. The zero-order valence-corrected chi connectivity index (χ0v) is 14.4. The van der Waals surface area contributed by atoms with Crippen LogP contribution in [0.3, 0.4) is 0 Å². The van der Waals surface area contributed by atoms with Gasteiger partial charge in [0.15, 0.2) is 11.5 Å². The molecule has 0 aliphatic heterocycles. The van der Waals surface area contributed by atoms with Gasteiger partial charge in [0, 0.05) is 12.5 Å². The number of aliphatic hydroxyl groups excluding tert-OH is 1. The summed E-state index contributed by atoms with van der Waals surface area (Å²) >= 11 is 0. The van der Waals surface area contributed by atoms with Gasteiger partial charge < -0.3 is 19.7 Å². The molecule has 0 saturated carbocycles. The summed E-state index contributed by atoms with van der Waals surface area (Å²) in [4.78, 5) is 14.7. The summed E-state index contributed by atoms with van der Waals surface area (Å²) in [6.45, 7) is 2.41. The van der Waals surface area contributed by atoms with E-state index in [9.17, 15) is 9.90 Å². The fourth-order valence-electron chi connectivity index (χ4n) is 2.11. The first kappa shape index (κ1) is 20.0. The quantitative estimate of drug-likeness (QED) is 0.569. The minimum Gasteiger partial charge on any atom is -0.491 e. The number of carbonyl (C=O) groups is 1. The van der Waals surface area contributed by atoms with E-state index in [1.54, 1.807) is 24.4 Å². The minimum absolute atomic E-state index is 0.0596. The smallest absolute Gasteiger partial charge is 0.303 e. The molecule has 1 unspecified atom stereocenters. The zero-order valence-electron chi connectivity index (χ0n) is 14.4. The lowest BCUT2D eigenvalue weighted by Crippen LogP contribution is -2.04. The number of aromatic nitrogens is 1. The summed E-state index contributed by atoms with van der Waals surface area (Å²) in [6.07, 6.45) is 8.98. The number of aliphatic hydroxyl groups is 1. The third-order valence-corrected chi connectivity index (χ3v) is 3.46. The molecule has 1 rings (SSSR count). The molecule has 0 bridgehead atoms. The van der Waals surface area contributed by atoms with Gasteiger partial charge in [-0.25, -0.2) is 0 Å². The highest BCUT2D eigenvalue weighted by Crippen LogP contribution is 2.27. The highest BCUT2D eigenvalue weighted by molar-refractivity contribution is 5.66. The Kier molecular flexibility index (Phi) is 9.53. The second kappa shape index (κ2) is 11.5. The Bertz CT molecular complexity index is 530. The molecule has 0 amide bonds. The third kappa shape index (κ3) is 7.97. The average Bonchev–Trinajstić information content (AvgIpc) is 2.57. The van der Waals surface area contributed by atoms with Crippen molar-refractivity contribution in [3.05, 3.63) is 24.0 Å². The van der Waals surface area contributed by atoms with Gasteiger partial charge in [-0.15, -0.1) is 0 Å². The minimum atomic E-state index is -0.846. The molecule has 0 aromatic carbocycles. The van der Waals surface area contributed by atoms with Gasteiger partial charge in [0.1, 0.15) is 0 Å². The van der Waals surface area contributed by atoms with Crippen molar-refractivity contribution >= 4 is 12.0 Å². The largest absolute Gasteiger partial charge is 0.491 e. The van der Waals surface area contributed by atoms with E-state index in [0.29, 0.717) is 23.6 Å². The normalized spacial score (nSPS) is 12.3. The van der Waals surface area contributed by atoms with E-state index in [1.165, 1.54) is 7.11 Å². The number of pyridine rings is 1. The predicted molar refractivity (Wildman–Crippen MR) is 92.3 cm³/mol. The molecule has 0 aliphatic carbocycles. The van der Waals surface area contributed by atoms with Crippen molar-refractivity contribution in [3.63, 3.8) is 0 Å². The molecule has 6 nitrogen and oxygen atoms in total. The van der Waals surface area contributed by atoms with Crippen molar-refractivity contribution < 1.29 is 24.5 Å². The van der Waals surface area contributed by atoms with Crippen molar-refractivity contribution in [2.45, 2.75) is 51.6 Å². The summed E-state index contributed by atoms with van der Waals surface area (Å²) in [5.41, 5.74) is 0.651. The number of aliphatic carboxylic acids is 1. The Morgan fingerprint density at radius 1 is 1.33 bits per heavy atom. The Balaban J connectivity index is 2.62. The Labute approximate surface area is 143 Å². The number of ether oxygens (including phenoxy) is 2. The molecule has 0 fully saturated rings. The van der Waals surface area contributed by atoms with Crippen molar-refractivity contribution in [1.82, 2.24) is 4.98 Å². The van der Waals surface area contributed by atoms with Gasteiger partial charge in [0.2, 0.25) is 0 Å². The van der Waals surface area contributed by atoms with Crippen molar-refractivity contribution in [2.24, 2.45) is 0 Å². The van der Waals surface area contributed by atoms with E-state index in [0.717, 1.165) is 25.7 Å². The summed E-state index contributed by atoms with van der Waals surface area (Å²) in [5.74, 6) is 0.157. The highest BCUT2D eigenvalue weighted by atomic mass is 16.5. The van der Waals surface area contributed by atoms with Crippen molar-refractivity contribution in [2.75, 3.05) is 13.7 Å². The molecule has 0 saturated heterocycles. The maximum Gasteiger partial charge on any atom is 0.303 e. The van der Waals surface area contributed by atoms with Crippen LogP contribution in [-0.4, -0.2) is 41.0 Å². The van der Waals surface area contributed by atoms with Gasteiger partial charge in [0.05, 0.1) is 31.7 Å². The van der Waals surface area contributed by atoms with Crippen LogP contribution < -0.4 is 9.47 Å². The fourth-order valence-corrected chi connectivity index (χ4v) is 2.11. The number of hydrogen-bond donors (Lipinski definition) is 2. The van der Waals surface area contributed by atoms with Crippen LogP contribution in [0.1, 0.15) is 51.1 Å². The second-order valence-electron chi connectivity index (χ2n) is 5.53. The Morgan fingerprint density at radius 3 is 2.79 bits per heavy atom. The first-order chi connectivity index (χ1) is 11.6. The molecule has 1 atom stereocenters. The van der Waals surface area contributed by atoms with Crippen LogP contribution in [-0.2, 0) is 4.79 Å². The maximum absolute atomic E-state index is 10.5. The monoisotopic (exact) mass is 337 g/mol. The van der Waals surface area contributed by atoms with Crippen LogP contribution in [0, 0.1) is 0 Å². The zero-order chi connectivity index (χ0) is 17.8. The second-order valence-corrected chi connectivity index (χ2v) is 5.53.